The summed E-state index contributed by atoms with van der Waals surface area (Å²) in [5.41, 5.74) is -0.480. The normalized spacial score (nSPS) is 28.7. The molecule has 0 aromatic rings. The van der Waals surface area contributed by atoms with E-state index < -0.39 is 11.5 Å². The first-order valence-corrected chi connectivity index (χ1v) is 5.13. The van der Waals surface area contributed by atoms with Crippen LogP contribution in [0.5, 0.6) is 0 Å². The molecule has 0 atom stereocenters. The Kier molecular flexibility index (Phi) is 2.06. The molecule has 1 saturated heterocycles. The van der Waals surface area contributed by atoms with Crippen molar-refractivity contribution in [3.63, 3.8) is 0 Å². The van der Waals surface area contributed by atoms with Crippen LogP contribution in [0.4, 0.5) is 0 Å². The minimum Gasteiger partial charge on any atom is -0.480 e. The smallest absolute Gasteiger partial charge is 0.324 e. The highest BCUT2D eigenvalue weighted by Crippen LogP contribution is 2.39. The van der Waals surface area contributed by atoms with Gasteiger partial charge in [-0.05, 0) is 18.8 Å². The van der Waals surface area contributed by atoms with Crippen molar-refractivity contribution in [1.29, 1.82) is 0 Å². The minimum absolute atomic E-state index is 0.480. The van der Waals surface area contributed by atoms with Gasteiger partial charge in [-0.3, -0.25) is 9.69 Å². The fourth-order valence-corrected chi connectivity index (χ4v) is 2.67. The lowest BCUT2D eigenvalue weighted by Crippen LogP contribution is -2.61. The van der Waals surface area contributed by atoms with Crippen LogP contribution in [-0.2, 0) is 4.79 Å². The third-order valence-corrected chi connectivity index (χ3v) is 3.50. The van der Waals surface area contributed by atoms with Crippen LogP contribution in [0, 0.1) is 5.92 Å². The molecule has 3 nitrogen and oxygen atoms in total. The van der Waals surface area contributed by atoms with Gasteiger partial charge in [0.1, 0.15) is 5.54 Å². The summed E-state index contributed by atoms with van der Waals surface area (Å²) in [7, 11) is 0. The predicted octanol–water partition coefficient (Wildman–Crippen LogP) is 1.34. The quantitative estimate of drug-likeness (QED) is 0.702. The number of likely N-dealkylation sites (tertiary alicyclic amines) is 1. The molecule has 3 heteroatoms. The van der Waals surface area contributed by atoms with Gasteiger partial charge in [-0.1, -0.05) is 19.8 Å². The maximum Gasteiger partial charge on any atom is 0.324 e. The molecule has 2 fully saturated rings. The summed E-state index contributed by atoms with van der Waals surface area (Å²) in [5.74, 6) is 0.0914. The zero-order valence-electron chi connectivity index (χ0n) is 8.12. The highest BCUT2D eigenvalue weighted by molar-refractivity contribution is 5.79. The van der Waals surface area contributed by atoms with E-state index >= 15 is 0 Å². The van der Waals surface area contributed by atoms with Crippen molar-refractivity contribution < 1.29 is 9.90 Å². The zero-order valence-corrected chi connectivity index (χ0v) is 8.12. The van der Waals surface area contributed by atoms with E-state index in [2.05, 4.69) is 11.8 Å². The number of carboxylic acids is 1. The second kappa shape index (κ2) is 2.98. The summed E-state index contributed by atoms with van der Waals surface area (Å²) in [6.45, 7) is 4.14. The predicted molar refractivity (Wildman–Crippen MR) is 49.6 cm³/mol. The van der Waals surface area contributed by atoms with Crippen molar-refractivity contribution in [2.24, 2.45) is 5.92 Å². The van der Waals surface area contributed by atoms with Crippen LogP contribution in [0.15, 0.2) is 0 Å². The minimum atomic E-state index is -0.600. The van der Waals surface area contributed by atoms with Crippen molar-refractivity contribution >= 4 is 5.97 Å². The largest absolute Gasteiger partial charge is 0.480 e. The second-order valence-electron chi connectivity index (χ2n) is 4.55. The third kappa shape index (κ3) is 1.26. The summed E-state index contributed by atoms with van der Waals surface area (Å²) >= 11 is 0. The lowest BCUT2D eigenvalue weighted by Gasteiger charge is -2.47. The second-order valence-corrected chi connectivity index (χ2v) is 4.55. The Balaban J connectivity index is 2.10. The van der Waals surface area contributed by atoms with E-state index in [1.54, 1.807) is 0 Å². The average molecular weight is 183 g/mol. The summed E-state index contributed by atoms with van der Waals surface area (Å²) < 4.78 is 0. The van der Waals surface area contributed by atoms with E-state index in [0.717, 1.165) is 38.8 Å². The molecule has 1 aliphatic carbocycles. The van der Waals surface area contributed by atoms with Crippen molar-refractivity contribution in [2.45, 2.75) is 38.1 Å². The molecule has 1 aliphatic heterocycles. The first-order valence-electron chi connectivity index (χ1n) is 5.13. The topological polar surface area (TPSA) is 40.5 Å². The molecule has 1 heterocycles. The summed E-state index contributed by atoms with van der Waals surface area (Å²) in [6.07, 6.45) is 3.87. The molecule has 0 amide bonds. The fraction of sp³-hybridized carbons (Fsp3) is 0.900. The van der Waals surface area contributed by atoms with E-state index in [4.69, 9.17) is 0 Å². The molecule has 1 N–H and O–H groups in total. The molecule has 13 heavy (non-hydrogen) atoms. The highest BCUT2D eigenvalue weighted by atomic mass is 16.4. The van der Waals surface area contributed by atoms with Crippen LogP contribution >= 0.6 is 0 Å². The Morgan fingerprint density at radius 2 is 1.92 bits per heavy atom. The van der Waals surface area contributed by atoms with E-state index in [9.17, 15) is 9.90 Å². The van der Waals surface area contributed by atoms with Crippen molar-refractivity contribution in [3.05, 3.63) is 0 Å². The van der Waals surface area contributed by atoms with Crippen molar-refractivity contribution in [1.82, 2.24) is 4.90 Å². The van der Waals surface area contributed by atoms with Crippen LogP contribution in [0.1, 0.15) is 32.6 Å². The number of carboxylic acid groups (broad SMARTS) is 1. The first kappa shape index (κ1) is 9.00. The average Bonchev–Trinajstić information content (AvgIpc) is 2.47. The number of hydrogen-bond acceptors (Lipinski definition) is 2. The molecule has 2 aliphatic rings. The van der Waals surface area contributed by atoms with Gasteiger partial charge in [-0.2, -0.15) is 0 Å². The lowest BCUT2D eigenvalue weighted by atomic mass is 9.88. The molecule has 1 saturated carbocycles. The van der Waals surface area contributed by atoms with Crippen LogP contribution in [-0.4, -0.2) is 34.6 Å². The maximum atomic E-state index is 11.2. The molecule has 0 spiro atoms. The zero-order chi connectivity index (χ0) is 9.47. The number of nitrogens with zero attached hydrogens (tertiary/aromatic N) is 1. The summed E-state index contributed by atoms with van der Waals surface area (Å²) in [5, 5.41) is 9.24. The van der Waals surface area contributed by atoms with Gasteiger partial charge in [0.15, 0.2) is 0 Å². The van der Waals surface area contributed by atoms with Crippen LogP contribution in [0.2, 0.25) is 0 Å². The fourth-order valence-electron chi connectivity index (χ4n) is 2.67. The van der Waals surface area contributed by atoms with E-state index in [1.807, 2.05) is 0 Å². The van der Waals surface area contributed by atoms with Gasteiger partial charge in [0.2, 0.25) is 0 Å². The molecule has 2 rings (SSSR count). The van der Waals surface area contributed by atoms with Gasteiger partial charge in [0.05, 0.1) is 0 Å². The van der Waals surface area contributed by atoms with Crippen molar-refractivity contribution in [2.75, 3.05) is 13.1 Å². The Morgan fingerprint density at radius 1 is 1.38 bits per heavy atom. The number of hydrogen-bond donors (Lipinski definition) is 1. The summed E-state index contributed by atoms with van der Waals surface area (Å²) in [6, 6.07) is 0. The Hall–Kier alpha value is -0.570. The van der Waals surface area contributed by atoms with E-state index in [-0.39, 0.29) is 0 Å². The Morgan fingerprint density at radius 3 is 2.31 bits per heavy atom. The number of rotatable bonds is 2. The molecular weight excluding hydrogens is 166 g/mol. The van der Waals surface area contributed by atoms with Crippen LogP contribution in [0.3, 0.4) is 0 Å². The van der Waals surface area contributed by atoms with Gasteiger partial charge < -0.3 is 5.11 Å². The van der Waals surface area contributed by atoms with Crippen molar-refractivity contribution in [3.8, 4) is 0 Å². The molecule has 0 aromatic carbocycles. The number of carbonyl (C=O) groups is 1. The van der Waals surface area contributed by atoms with Gasteiger partial charge in [0, 0.05) is 13.1 Å². The summed E-state index contributed by atoms with van der Waals surface area (Å²) in [4.78, 5) is 13.4. The van der Waals surface area contributed by atoms with Gasteiger partial charge in [-0.15, -0.1) is 0 Å². The molecule has 74 valence electrons. The standard InChI is InChI=1S/C10H17NO2/c1-8-6-11(7-8)10(9(12)13)4-2-3-5-10/h8H,2-7H2,1H3,(H,12,13). The first-order chi connectivity index (χ1) is 6.15. The van der Waals surface area contributed by atoms with Crippen LogP contribution < -0.4 is 0 Å². The van der Waals surface area contributed by atoms with E-state index in [1.165, 1.54) is 0 Å². The maximum absolute atomic E-state index is 11.2. The van der Waals surface area contributed by atoms with Gasteiger partial charge >= 0.3 is 5.97 Å². The van der Waals surface area contributed by atoms with Gasteiger partial charge in [0.25, 0.3) is 0 Å². The number of aliphatic carboxylic acids is 1. The van der Waals surface area contributed by atoms with E-state index in [0.29, 0.717) is 5.92 Å². The highest BCUT2D eigenvalue weighted by Gasteiger charge is 2.49. The molecule has 0 bridgehead atoms. The monoisotopic (exact) mass is 183 g/mol. The molecule has 0 unspecified atom stereocenters. The Labute approximate surface area is 78.7 Å². The molecular formula is C10H17NO2. The molecule has 0 radical (unpaired) electrons. The van der Waals surface area contributed by atoms with Crippen LogP contribution in [0.25, 0.3) is 0 Å². The Bertz CT molecular complexity index is 215. The van der Waals surface area contributed by atoms with Gasteiger partial charge in [-0.25, -0.2) is 0 Å². The SMILES string of the molecule is CC1CN(C2(C(=O)O)CCCC2)C1. The third-order valence-electron chi connectivity index (χ3n) is 3.50. The lowest BCUT2D eigenvalue weighted by molar-refractivity contribution is -0.156. The molecule has 0 aromatic heterocycles.